The molecule has 6 nitrogen and oxygen atoms in total. The van der Waals surface area contributed by atoms with Crippen molar-refractivity contribution in [2.75, 3.05) is 5.73 Å². The second-order valence-electron chi connectivity index (χ2n) is 5.87. The Hall–Kier alpha value is -3.31. The molecule has 0 fully saturated rings. The number of aromatic nitrogens is 4. The molecular weight excluding hydrogens is 411 g/mol. The van der Waals surface area contributed by atoms with Crippen LogP contribution in [-0.4, -0.2) is 19.6 Å². The largest absolute Gasteiger partial charge is 0.368 e. The zero-order valence-corrected chi connectivity index (χ0v) is 15.5. The zero-order valence-electron chi connectivity index (χ0n) is 13.9. The van der Waals surface area contributed by atoms with Crippen LogP contribution in [0.4, 0.5) is 10.3 Å². The normalized spacial score (nSPS) is 10.9. The molecular formula is C19H12BrFN6. The monoisotopic (exact) mass is 422 g/mol. The first kappa shape index (κ1) is 17.1. The number of rotatable bonds is 3. The van der Waals surface area contributed by atoms with Crippen LogP contribution in [0.15, 0.2) is 53.0 Å². The summed E-state index contributed by atoms with van der Waals surface area (Å²) in [5, 5.41) is 13.4. The molecule has 132 valence electrons. The molecule has 0 atom stereocenters. The van der Waals surface area contributed by atoms with Crippen LogP contribution in [0.3, 0.4) is 0 Å². The Bertz CT molecular complexity index is 1190. The Morgan fingerprint density at radius 1 is 1.15 bits per heavy atom. The van der Waals surface area contributed by atoms with Crippen molar-refractivity contribution < 1.29 is 4.39 Å². The Morgan fingerprint density at radius 2 is 1.96 bits per heavy atom. The number of nitriles is 1. The fraction of sp³-hybridized carbons (Fsp3) is 0.0526. The van der Waals surface area contributed by atoms with Crippen molar-refractivity contribution >= 4 is 27.5 Å². The number of nitrogen functional groups attached to an aromatic ring is 1. The van der Waals surface area contributed by atoms with Crippen LogP contribution < -0.4 is 5.73 Å². The lowest BCUT2D eigenvalue weighted by Crippen LogP contribution is -2.03. The van der Waals surface area contributed by atoms with Gasteiger partial charge in [0.2, 0.25) is 5.95 Å². The molecule has 0 aliphatic carbocycles. The average molecular weight is 423 g/mol. The third-order valence-corrected chi connectivity index (χ3v) is 4.82. The summed E-state index contributed by atoms with van der Waals surface area (Å²) in [6, 6.07) is 15.7. The fourth-order valence-corrected chi connectivity index (χ4v) is 3.27. The Labute approximate surface area is 162 Å². The summed E-state index contributed by atoms with van der Waals surface area (Å²) in [6.07, 6.45) is 0.216. The van der Waals surface area contributed by atoms with E-state index in [9.17, 15) is 4.39 Å². The average Bonchev–Trinajstić information content (AvgIpc) is 3.08. The number of fused-ring (bicyclic) bond motifs is 1. The molecule has 0 saturated carbocycles. The Kier molecular flexibility index (Phi) is 4.30. The lowest BCUT2D eigenvalue weighted by atomic mass is 10.1. The minimum absolute atomic E-state index is 0.163. The van der Waals surface area contributed by atoms with E-state index in [1.807, 2.05) is 6.07 Å². The van der Waals surface area contributed by atoms with Crippen molar-refractivity contribution in [2.45, 2.75) is 6.42 Å². The van der Waals surface area contributed by atoms with Gasteiger partial charge in [0, 0.05) is 28.1 Å². The molecule has 0 amide bonds. The Morgan fingerprint density at radius 3 is 2.74 bits per heavy atom. The summed E-state index contributed by atoms with van der Waals surface area (Å²) in [6.45, 7) is 0. The van der Waals surface area contributed by atoms with E-state index in [0.29, 0.717) is 32.8 Å². The van der Waals surface area contributed by atoms with Crippen LogP contribution in [0, 0.1) is 17.1 Å². The quantitative estimate of drug-likeness (QED) is 0.542. The molecule has 2 aromatic carbocycles. The van der Waals surface area contributed by atoms with E-state index >= 15 is 0 Å². The first-order chi connectivity index (χ1) is 13.0. The van der Waals surface area contributed by atoms with Crippen molar-refractivity contribution in [1.82, 2.24) is 19.6 Å². The third kappa shape index (κ3) is 3.25. The minimum Gasteiger partial charge on any atom is -0.368 e. The molecule has 0 aliphatic rings. The van der Waals surface area contributed by atoms with Crippen LogP contribution in [0.5, 0.6) is 0 Å². The number of anilines is 1. The van der Waals surface area contributed by atoms with Crippen LogP contribution in [-0.2, 0) is 6.42 Å². The van der Waals surface area contributed by atoms with Crippen LogP contribution in [0.1, 0.15) is 17.0 Å². The van der Waals surface area contributed by atoms with Gasteiger partial charge in [0.05, 0.1) is 17.3 Å². The summed E-state index contributed by atoms with van der Waals surface area (Å²) >= 11 is 3.35. The number of halogens is 2. The lowest BCUT2D eigenvalue weighted by molar-refractivity contribution is 0.610. The maximum atomic E-state index is 14.1. The van der Waals surface area contributed by atoms with Gasteiger partial charge in [-0.25, -0.2) is 14.4 Å². The molecule has 0 radical (unpaired) electrons. The van der Waals surface area contributed by atoms with Gasteiger partial charge in [-0.2, -0.15) is 9.78 Å². The summed E-state index contributed by atoms with van der Waals surface area (Å²) in [5.41, 5.74) is 8.88. The highest BCUT2D eigenvalue weighted by Gasteiger charge is 2.14. The van der Waals surface area contributed by atoms with E-state index in [1.54, 1.807) is 36.4 Å². The van der Waals surface area contributed by atoms with Gasteiger partial charge in [-0.05, 0) is 24.3 Å². The van der Waals surface area contributed by atoms with Gasteiger partial charge < -0.3 is 5.73 Å². The van der Waals surface area contributed by atoms with E-state index in [0.717, 1.165) is 5.56 Å². The Balaban J connectivity index is 1.77. The van der Waals surface area contributed by atoms with E-state index in [2.05, 4.69) is 37.1 Å². The van der Waals surface area contributed by atoms with Gasteiger partial charge in [0.1, 0.15) is 5.82 Å². The molecule has 0 aliphatic heterocycles. The molecule has 4 rings (SSSR count). The van der Waals surface area contributed by atoms with Crippen molar-refractivity contribution in [1.29, 1.82) is 5.26 Å². The number of benzene rings is 2. The molecule has 2 aromatic heterocycles. The molecule has 0 unspecified atom stereocenters. The van der Waals surface area contributed by atoms with Crippen LogP contribution in [0.25, 0.3) is 16.9 Å². The predicted octanol–water partition coefficient (Wildman–Crippen LogP) is 3.74. The van der Waals surface area contributed by atoms with E-state index in [-0.39, 0.29) is 18.2 Å². The second kappa shape index (κ2) is 6.78. The van der Waals surface area contributed by atoms with Crippen molar-refractivity contribution in [3.63, 3.8) is 0 Å². The van der Waals surface area contributed by atoms with Gasteiger partial charge >= 0.3 is 0 Å². The summed E-state index contributed by atoms with van der Waals surface area (Å²) < 4.78 is 16.1. The summed E-state index contributed by atoms with van der Waals surface area (Å²) in [7, 11) is 0. The predicted molar refractivity (Wildman–Crippen MR) is 102 cm³/mol. The smallest absolute Gasteiger partial charge is 0.223 e. The zero-order chi connectivity index (χ0) is 19.0. The minimum atomic E-state index is -0.330. The van der Waals surface area contributed by atoms with Gasteiger partial charge in [-0.1, -0.05) is 34.1 Å². The number of nitrogens with zero attached hydrogens (tertiary/aromatic N) is 5. The summed E-state index contributed by atoms with van der Waals surface area (Å²) in [5.74, 6) is 0.261. The molecule has 27 heavy (non-hydrogen) atoms. The van der Waals surface area contributed by atoms with E-state index in [4.69, 9.17) is 11.0 Å². The molecule has 0 bridgehead atoms. The van der Waals surface area contributed by atoms with E-state index in [1.165, 1.54) is 10.6 Å². The van der Waals surface area contributed by atoms with Crippen molar-refractivity contribution in [3.05, 3.63) is 75.8 Å². The molecule has 4 aromatic rings. The van der Waals surface area contributed by atoms with Gasteiger partial charge in [0.25, 0.3) is 0 Å². The molecule has 8 heteroatoms. The molecule has 0 spiro atoms. The van der Waals surface area contributed by atoms with Crippen molar-refractivity contribution in [2.24, 2.45) is 0 Å². The number of hydrogen-bond donors (Lipinski definition) is 1. The lowest BCUT2D eigenvalue weighted by Gasteiger charge is -2.03. The first-order valence-electron chi connectivity index (χ1n) is 8.01. The van der Waals surface area contributed by atoms with Gasteiger partial charge in [-0.3, -0.25) is 0 Å². The summed E-state index contributed by atoms with van der Waals surface area (Å²) in [4.78, 5) is 8.81. The van der Waals surface area contributed by atoms with Crippen molar-refractivity contribution in [3.8, 4) is 17.3 Å². The van der Waals surface area contributed by atoms with Gasteiger partial charge in [-0.15, -0.1) is 5.10 Å². The fourth-order valence-electron chi connectivity index (χ4n) is 2.79. The van der Waals surface area contributed by atoms with Gasteiger partial charge in [0.15, 0.2) is 11.5 Å². The maximum Gasteiger partial charge on any atom is 0.223 e. The number of hydrogen-bond acceptors (Lipinski definition) is 5. The SMILES string of the molecule is N#Cc1cccc(-c2cc3nc(Cc4c(F)cccc4Br)nn3c(N)n2)c1. The highest BCUT2D eigenvalue weighted by molar-refractivity contribution is 9.10. The first-order valence-corrected chi connectivity index (χ1v) is 8.80. The maximum absolute atomic E-state index is 14.1. The standard InChI is InChI=1S/C19H12BrFN6/c20-14-5-2-6-15(21)13(14)8-17-25-18-9-16(24-19(23)27(18)26-17)12-4-1-3-11(7-12)10-22/h1-7,9H,8H2,(H2,23,24). The van der Waals surface area contributed by atoms with Crippen LogP contribution >= 0.6 is 15.9 Å². The van der Waals surface area contributed by atoms with E-state index < -0.39 is 0 Å². The third-order valence-electron chi connectivity index (χ3n) is 4.08. The molecule has 0 saturated heterocycles. The topological polar surface area (TPSA) is 92.9 Å². The molecule has 2 heterocycles. The highest BCUT2D eigenvalue weighted by Crippen LogP contribution is 2.24. The second-order valence-corrected chi connectivity index (χ2v) is 6.72. The number of nitrogens with two attached hydrogens (primary N) is 1. The molecule has 2 N–H and O–H groups in total. The highest BCUT2D eigenvalue weighted by atomic mass is 79.9. The van der Waals surface area contributed by atoms with Crippen LogP contribution in [0.2, 0.25) is 0 Å².